The number of carbonyl (C=O) groups excluding carboxylic acids is 1. The molecule has 1 fully saturated rings. The molecule has 0 aromatic carbocycles. The Morgan fingerprint density at radius 3 is 3.12 bits per heavy atom. The van der Waals surface area contributed by atoms with E-state index in [4.69, 9.17) is 9.15 Å². The first-order chi connectivity index (χ1) is 11.7. The number of esters is 1. The molecule has 2 aromatic heterocycles. The van der Waals surface area contributed by atoms with Gasteiger partial charge in [-0.05, 0) is 44.7 Å². The zero-order valence-corrected chi connectivity index (χ0v) is 15.1. The first kappa shape index (κ1) is 17.2. The highest BCUT2D eigenvalue weighted by Crippen LogP contribution is 2.27. The van der Waals surface area contributed by atoms with Crippen molar-refractivity contribution >= 4 is 17.3 Å². The number of oxazole rings is 1. The average Bonchev–Trinajstić information content (AvgIpc) is 3.20. The van der Waals surface area contributed by atoms with Gasteiger partial charge >= 0.3 is 5.97 Å². The Kier molecular flexibility index (Phi) is 5.68. The number of nitrogens with zero attached hydrogens (tertiary/aromatic N) is 2. The van der Waals surface area contributed by atoms with Crippen LogP contribution in [0.15, 0.2) is 21.2 Å². The largest absolute Gasteiger partial charge is 0.466 e. The maximum absolute atomic E-state index is 11.9. The standard InChI is InChI=1S/C18H24N2O3S/c1-3-22-17(21)10-15-6-4-5-8-20(15)11-16-13(2)23-18(19-16)14-7-9-24-12-14/h7,9,12,15H,3-6,8,10-11H2,1-2H3. The van der Waals surface area contributed by atoms with E-state index in [-0.39, 0.29) is 12.0 Å². The summed E-state index contributed by atoms with van der Waals surface area (Å²) >= 11 is 1.64. The van der Waals surface area contributed by atoms with Gasteiger partial charge in [0.15, 0.2) is 0 Å². The topological polar surface area (TPSA) is 55.6 Å². The van der Waals surface area contributed by atoms with E-state index in [0.717, 1.165) is 42.9 Å². The maximum Gasteiger partial charge on any atom is 0.307 e. The molecule has 3 heterocycles. The molecule has 130 valence electrons. The summed E-state index contributed by atoms with van der Waals surface area (Å²) < 4.78 is 11.0. The lowest BCUT2D eigenvalue weighted by atomic mass is 9.99. The van der Waals surface area contributed by atoms with Crippen LogP contribution < -0.4 is 0 Å². The van der Waals surface area contributed by atoms with Gasteiger partial charge in [0.1, 0.15) is 5.76 Å². The Balaban J connectivity index is 1.70. The van der Waals surface area contributed by atoms with Gasteiger partial charge in [-0.3, -0.25) is 9.69 Å². The number of ether oxygens (including phenoxy) is 1. The normalized spacial score (nSPS) is 18.7. The Bertz CT molecular complexity index is 666. The zero-order chi connectivity index (χ0) is 16.9. The molecule has 0 radical (unpaired) electrons. The SMILES string of the molecule is CCOC(=O)CC1CCCCN1Cc1nc(-c2ccsc2)oc1C. The molecule has 1 aliphatic heterocycles. The van der Waals surface area contributed by atoms with Gasteiger partial charge in [-0.25, -0.2) is 4.98 Å². The van der Waals surface area contributed by atoms with Crippen LogP contribution in [-0.4, -0.2) is 35.0 Å². The molecule has 2 aromatic rings. The second kappa shape index (κ2) is 7.94. The third kappa shape index (κ3) is 4.05. The number of hydrogen-bond donors (Lipinski definition) is 0. The number of piperidine rings is 1. The van der Waals surface area contributed by atoms with E-state index in [1.807, 2.05) is 30.7 Å². The van der Waals surface area contributed by atoms with Crippen LogP contribution in [0.3, 0.4) is 0 Å². The molecular formula is C18H24N2O3S. The molecule has 0 amide bonds. The summed E-state index contributed by atoms with van der Waals surface area (Å²) in [6.07, 6.45) is 3.82. The fraction of sp³-hybridized carbons (Fsp3) is 0.556. The smallest absolute Gasteiger partial charge is 0.307 e. The molecule has 0 saturated carbocycles. The number of thiophene rings is 1. The van der Waals surface area contributed by atoms with Crippen LogP contribution in [0.25, 0.3) is 11.5 Å². The van der Waals surface area contributed by atoms with Crippen LogP contribution in [0.1, 0.15) is 44.1 Å². The predicted molar refractivity (Wildman–Crippen MR) is 93.9 cm³/mol. The van der Waals surface area contributed by atoms with Crippen molar-refractivity contribution in [3.8, 4) is 11.5 Å². The van der Waals surface area contributed by atoms with Gasteiger partial charge in [-0.1, -0.05) is 6.42 Å². The number of carbonyl (C=O) groups is 1. The molecule has 0 aliphatic carbocycles. The highest BCUT2D eigenvalue weighted by Gasteiger charge is 2.27. The number of likely N-dealkylation sites (tertiary alicyclic amines) is 1. The minimum absolute atomic E-state index is 0.106. The third-order valence-electron chi connectivity index (χ3n) is 4.47. The second-order valence-electron chi connectivity index (χ2n) is 6.16. The summed E-state index contributed by atoms with van der Waals surface area (Å²) in [7, 11) is 0. The van der Waals surface area contributed by atoms with E-state index in [2.05, 4.69) is 9.88 Å². The van der Waals surface area contributed by atoms with E-state index >= 15 is 0 Å². The molecule has 0 N–H and O–H groups in total. The summed E-state index contributed by atoms with van der Waals surface area (Å²) in [6, 6.07) is 2.25. The molecule has 5 nitrogen and oxygen atoms in total. The summed E-state index contributed by atoms with van der Waals surface area (Å²) in [4.78, 5) is 18.9. The van der Waals surface area contributed by atoms with E-state index < -0.39 is 0 Å². The highest BCUT2D eigenvalue weighted by molar-refractivity contribution is 7.08. The first-order valence-electron chi connectivity index (χ1n) is 8.56. The quantitative estimate of drug-likeness (QED) is 0.738. The van der Waals surface area contributed by atoms with Gasteiger partial charge in [0.05, 0.1) is 18.7 Å². The van der Waals surface area contributed by atoms with Crippen LogP contribution in [0, 0.1) is 6.92 Å². The molecule has 1 aliphatic rings. The Morgan fingerprint density at radius 1 is 1.50 bits per heavy atom. The molecule has 0 bridgehead atoms. The molecular weight excluding hydrogens is 324 g/mol. The number of aryl methyl sites for hydroxylation is 1. The third-order valence-corrected chi connectivity index (χ3v) is 5.15. The zero-order valence-electron chi connectivity index (χ0n) is 14.3. The van der Waals surface area contributed by atoms with E-state index in [0.29, 0.717) is 18.9 Å². The van der Waals surface area contributed by atoms with Gasteiger partial charge in [-0.15, -0.1) is 0 Å². The van der Waals surface area contributed by atoms with Crippen LogP contribution >= 0.6 is 11.3 Å². The Hall–Kier alpha value is -1.66. The van der Waals surface area contributed by atoms with Crippen LogP contribution in [0.5, 0.6) is 0 Å². The summed E-state index contributed by atoms with van der Waals surface area (Å²) in [5.74, 6) is 1.43. The lowest BCUT2D eigenvalue weighted by Crippen LogP contribution is -2.40. The molecule has 6 heteroatoms. The van der Waals surface area contributed by atoms with Gasteiger partial charge in [0.25, 0.3) is 0 Å². The Labute approximate surface area is 146 Å². The van der Waals surface area contributed by atoms with Crippen molar-refractivity contribution in [1.29, 1.82) is 0 Å². The second-order valence-corrected chi connectivity index (χ2v) is 6.94. The van der Waals surface area contributed by atoms with Gasteiger partial charge in [-0.2, -0.15) is 11.3 Å². The lowest BCUT2D eigenvalue weighted by molar-refractivity contribution is -0.145. The molecule has 0 spiro atoms. The molecule has 24 heavy (non-hydrogen) atoms. The van der Waals surface area contributed by atoms with Gasteiger partial charge in [0.2, 0.25) is 5.89 Å². The van der Waals surface area contributed by atoms with Crippen molar-refractivity contribution in [3.63, 3.8) is 0 Å². The molecule has 1 saturated heterocycles. The van der Waals surface area contributed by atoms with E-state index in [9.17, 15) is 4.79 Å². The molecule has 1 atom stereocenters. The fourth-order valence-corrected chi connectivity index (χ4v) is 3.82. The monoisotopic (exact) mass is 348 g/mol. The predicted octanol–water partition coefficient (Wildman–Crippen LogP) is 4.02. The number of aromatic nitrogens is 1. The Morgan fingerprint density at radius 2 is 2.38 bits per heavy atom. The molecule has 1 unspecified atom stereocenters. The van der Waals surface area contributed by atoms with Crippen molar-refractivity contribution in [2.45, 2.75) is 52.1 Å². The highest BCUT2D eigenvalue weighted by atomic mass is 32.1. The van der Waals surface area contributed by atoms with Gasteiger partial charge < -0.3 is 9.15 Å². The van der Waals surface area contributed by atoms with E-state index in [1.54, 1.807) is 11.3 Å². The first-order valence-corrected chi connectivity index (χ1v) is 9.50. The van der Waals surface area contributed by atoms with Crippen LogP contribution in [0.4, 0.5) is 0 Å². The van der Waals surface area contributed by atoms with Crippen LogP contribution in [-0.2, 0) is 16.1 Å². The van der Waals surface area contributed by atoms with E-state index in [1.165, 1.54) is 6.42 Å². The number of hydrogen-bond acceptors (Lipinski definition) is 6. The number of rotatable bonds is 6. The van der Waals surface area contributed by atoms with Gasteiger partial charge in [0, 0.05) is 23.5 Å². The summed E-state index contributed by atoms with van der Waals surface area (Å²) in [5, 5.41) is 4.06. The van der Waals surface area contributed by atoms with Crippen molar-refractivity contribution in [3.05, 3.63) is 28.3 Å². The lowest BCUT2D eigenvalue weighted by Gasteiger charge is -2.34. The van der Waals surface area contributed by atoms with Crippen molar-refractivity contribution in [1.82, 2.24) is 9.88 Å². The minimum Gasteiger partial charge on any atom is -0.466 e. The molecule has 3 rings (SSSR count). The van der Waals surface area contributed by atoms with Crippen LogP contribution in [0.2, 0.25) is 0 Å². The van der Waals surface area contributed by atoms with Crippen molar-refractivity contribution in [2.24, 2.45) is 0 Å². The maximum atomic E-state index is 11.9. The summed E-state index contributed by atoms with van der Waals surface area (Å²) in [6.45, 7) is 5.97. The fourth-order valence-electron chi connectivity index (χ4n) is 3.19. The average molecular weight is 348 g/mol. The minimum atomic E-state index is -0.106. The summed E-state index contributed by atoms with van der Waals surface area (Å²) in [5.41, 5.74) is 1.99. The van der Waals surface area contributed by atoms with Crippen molar-refractivity contribution in [2.75, 3.05) is 13.2 Å². The van der Waals surface area contributed by atoms with Crippen molar-refractivity contribution < 1.29 is 13.9 Å².